The van der Waals surface area contributed by atoms with Gasteiger partial charge in [-0.05, 0) is 54.7 Å². The van der Waals surface area contributed by atoms with E-state index in [1.165, 1.54) is 0 Å². The van der Waals surface area contributed by atoms with Crippen molar-refractivity contribution in [2.75, 3.05) is 7.11 Å². The molecule has 0 saturated carbocycles. The third-order valence-corrected chi connectivity index (χ3v) is 3.06. The van der Waals surface area contributed by atoms with E-state index in [1.807, 2.05) is 36.4 Å². The number of benzene rings is 2. The minimum atomic E-state index is 0.784. The average molecular weight is 266 g/mol. The van der Waals surface area contributed by atoms with E-state index in [0.29, 0.717) is 0 Å². The van der Waals surface area contributed by atoms with Crippen LogP contribution in [0.25, 0.3) is 21.8 Å². The summed E-state index contributed by atoms with van der Waals surface area (Å²) in [5, 5.41) is 4.43. The van der Waals surface area contributed by atoms with Crippen LogP contribution in [0.5, 0.6) is 5.75 Å². The van der Waals surface area contributed by atoms with Crippen molar-refractivity contribution in [1.82, 2.24) is 4.98 Å². The van der Waals surface area contributed by atoms with Gasteiger partial charge >= 0.3 is 0 Å². The summed E-state index contributed by atoms with van der Waals surface area (Å²) in [5.74, 6) is 0.821. The van der Waals surface area contributed by atoms with Gasteiger partial charge in [0.25, 0.3) is 0 Å². The number of thiocarbonyl (C=S) groups is 1. The van der Waals surface area contributed by atoms with Crippen LogP contribution in [0, 0.1) is 0 Å². The second-order valence-corrected chi connectivity index (χ2v) is 4.31. The van der Waals surface area contributed by atoms with Crippen molar-refractivity contribution in [3.8, 4) is 5.75 Å². The largest absolute Gasteiger partial charge is 0.497 e. The lowest BCUT2D eigenvalue weighted by molar-refractivity contribution is 0.415. The summed E-state index contributed by atoms with van der Waals surface area (Å²) in [6.45, 7) is 0. The number of methoxy groups -OCH3 is 1. The summed E-state index contributed by atoms with van der Waals surface area (Å²) >= 11 is 4.62. The third kappa shape index (κ3) is 2.19. The molecule has 3 nitrogen and oxygen atoms in total. The highest BCUT2D eigenvalue weighted by molar-refractivity contribution is 7.78. The van der Waals surface area contributed by atoms with E-state index in [4.69, 9.17) is 4.74 Å². The fourth-order valence-corrected chi connectivity index (χ4v) is 2.16. The number of aromatic nitrogens is 1. The number of aliphatic imine (C=N–C) groups is 1. The van der Waals surface area contributed by atoms with Crippen LogP contribution in [-0.2, 0) is 0 Å². The number of fused-ring (bicyclic) bond motifs is 2. The summed E-state index contributed by atoms with van der Waals surface area (Å²) in [4.78, 5) is 8.59. The Kier molecular flexibility index (Phi) is 2.95. The Balaban J connectivity index is 2.29. The predicted molar refractivity (Wildman–Crippen MR) is 80.5 cm³/mol. The summed E-state index contributed by atoms with van der Waals surface area (Å²) in [7, 11) is 1.65. The zero-order valence-electron chi connectivity index (χ0n) is 10.3. The van der Waals surface area contributed by atoms with E-state index in [0.717, 1.165) is 33.2 Å². The van der Waals surface area contributed by atoms with Crippen LogP contribution >= 0.6 is 12.2 Å². The number of isothiocyanates is 1. The Morgan fingerprint density at radius 1 is 1.05 bits per heavy atom. The van der Waals surface area contributed by atoms with E-state index in [9.17, 15) is 0 Å². The quantitative estimate of drug-likeness (QED) is 0.397. The molecule has 0 aliphatic carbocycles. The lowest BCUT2D eigenvalue weighted by atomic mass is 10.1. The molecular weight excluding hydrogens is 256 g/mol. The number of hydrogen-bond acceptors (Lipinski definition) is 4. The monoisotopic (exact) mass is 266 g/mol. The Hall–Kier alpha value is -2.29. The van der Waals surface area contributed by atoms with Crippen LogP contribution in [0.4, 0.5) is 5.69 Å². The molecule has 0 fully saturated rings. The van der Waals surface area contributed by atoms with Crippen molar-refractivity contribution in [2.45, 2.75) is 0 Å². The Labute approximate surface area is 115 Å². The molecule has 0 unspecified atom stereocenters. The molecule has 0 saturated heterocycles. The molecule has 0 aliphatic rings. The molecule has 1 heterocycles. The molecule has 2 aromatic carbocycles. The fraction of sp³-hybridized carbons (Fsp3) is 0.0667. The van der Waals surface area contributed by atoms with Crippen molar-refractivity contribution >= 4 is 44.9 Å². The van der Waals surface area contributed by atoms with E-state index in [1.54, 1.807) is 7.11 Å². The van der Waals surface area contributed by atoms with Crippen molar-refractivity contribution in [3.05, 3.63) is 42.5 Å². The lowest BCUT2D eigenvalue weighted by Gasteiger charge is -2.04. The minimum absolute atomic E-state index is 0.784. The summed E-state index contributed by atoms with van der Waals surface area (Å²) in [6.07, 6.45) is 0. The molecule has 0 amide bonds. The molecule has 0 aliphatic heterocycles. The molecule has 3 aromatic rings. The normalized spacial score (nSPS) is 10.4. The van der Waals surface area contributed by atoms with Gasteiger partial charge in [0.15, 0.2) is 0 Å². The second-order valence-electron chi connectivity index (χ2n) is 4.13. The van der Waals surface area contributed by atoms with Gasteiger partial charge in [-0.2, -0.15) is 4.99 Å². The Bertz CT molecular complexity index is 823. The zero-order chi connectivity index (χ0) is 13.2. The number of ether oxygens (including phenoxy) is 1. The van der Waals surface area contributed by atoms with E-state index >= 15 is 0 Å². The van der Waals surface area contributed by atoms with Crippen molar-refractivity contribution in [3.63, 3.8) is 0 Å². The van der Waals surface area contributed by atoms with Crippen LogP contribution in [-0.4, -0.2) is 17.3 Å². The van der Waals surface area contributed by atoms with E-state index < -0.39 is 0 Å². The van der Waals surface area contributed by atoms with Gasteiger partial charge in [0.2, 0.25) is 0 Å². The number of pyridine rings is 1. The first-order valence-electron chi connectivity index (χ1n) is 5.76. The Morgan fingerprint density at radius 2 is 1.79 bits per heavy atom. The maximum atomic E-state index is 5.23. The van der Waals surface area contributed by atoms with Gasteiger partial charge in [-0.15, -0.1) is 0 Å². The first kappa shape index (κ1) is 11.8. The first-order valence-corrected chi connectivity index (χ1v) is 6.17. The molecular formula is C15H10N2OS. The van der Waals surface area contributed by atoms with E-state index in [-0.39, 0.29) is 0 Å². The molecule has 0 radical (unpaired) electrons. The van der Waals surface area contributed by atoms with Gasteiger partial charge < -0.3 is 4.74 Å². The third-order valence-electron chi connectivity index (χ3n) is 2.97. The predicted octanol–water partition coefficient (Wildman–Crippen LogP) is 4.13. The molecule has 0 spiro atoms. The number of rotatable bonds is 2. The molecule has 4 heteroatoms. The fourth-order valence-electron chi connectivity index (χ4n) is 2.06. The lowest BCUT2D eigenvalue weighted by Crippen LogP contribution is -1.85. The van der Waals surface area contributed by atoms with Crippen LogP contribution in [0.3, 0.4) is 0 Å². The molecule has 3 rings (SSSR count). The summed E-state index contributed by atoms with van der Waals surface area (Å²) in [6, 6.07) is 13.7. The smallest absolute Gasteiger partial charge is 0.119 e. The maximum Gasteiger partial charge on any atom is 0.119 e. The van der Waals surface area contributed by atoms with Gasteiger partial charge in [-0.25, -0.2) is 4.98 Å². The first-order chi connectivity index (χ1) is 9.30. The molecule has 0 N–H and O–H groups in total. The van der Waals surface area contributed by atoms with Gasteiger partial charge in [0.1, 0.15) is 5.75 Å². The van der Waals surface area contributed by atoms with Gasteiger partial charge in [-0.3, -0.25) is 0 Å². The van der Waals surface area contributed by atoms with Crippen molar-refractivity contribution < 1.29 is 4.74 Å². The average Bonchev–Trinajstić information content (AvgIpc) is 2.45. The van der Waals surface area contributed by atoms with Crippen LogP contribution in [0.15, 0.2) is 47.5 Å². The summed E-state index contributed by atoms with van der Waals surface area (Å²) in [5.41, 5.74) is 2.66. The van der Waals surface area contributed by atoms with Gasteiger partial charge in [0.05, 0.1) is 29.0 Å². The standard InChI is InChI=1S/C15H10N2OS/c1-18-13-3-5-15-11(8-13)6-10-7-12(16-9-19)2-4-14(10)17-15/h2-8H,1H3. The van der Waals surface area contributed by atoms with Gasteiger partial charge in [0, 0.05) is 10.8 Å². The van der Waals surface area contributed by atoms with Crippen LogP contribution < -0.4 is 4.74 Å². The highest BCUT2D eigenvalue weighted by Gasteiger charge is 2.02. The number of hydrogen-bond donors (Lipinski definition) is 0. The SMILES string of the molecule is COc1ccc2nc3ccc(N=C=S)cc3cc2c1. The molecule has 19 heavy (non-hydrogen) atoms. The molecule has 1 aromatic heterocycles. The second kappa shape index (κ2) is 4.76. The number of nitrogens with zero attached hydrogens (tertiary/aromatic N) is 2. The highest BCUT2D eigenvalue weighted by Crippen LogP contribution is 2.26. The van der Waals surface area contributed by atoms with Gasteiger partial charge in [-0.1, -0.05) is 0 Å². The Morgan fingerprint density at radius 3 is 2.53 bits per heavy atom. The summed E-state index contributed by atoms with van der Waals surface area (Å²) < 4.78 is 5.23. The van der Waals surface area contributed by atoms with Crippen LogP contribution in [0.1, 0.15) is 0 Å². The minimum Gasteiger partial charge on any atom is -0.497 e. The van der Waals surface area contributed by atoms with Crippen LogP contribution in [0.2, 0.25) is 0 Å². The zero-order valence-corrected chi connectivity index (χ0v) is 11.1. The molecule has 92 valence electrons. The molecule has 0 atom stereocenters. The highest BCUT2D eigenvalue weighted by atomic mass is 32.1. The van der Waals surface area contributed by atoms with Crippen molar-refractivity contribution in [2.24, 2.45) is 4.99 Å². The van der Waals surface area contributed by atoms with E-state index in [2.05, 4.69) is 33.4 Å². The molecule has 0 bridgehead atoms. The maximum absolute atomic E-state index is 5.23. The van der Waals surface area contributed by atoms with Crippen molar-refractivity contribution in [1.29, 1.82) is 0 Å². The topological polar surface area (TPSA) is 34.5 Å².